The maximum Gasteiger partial charge on any atom is 0.257 e. The molecule has 1 saturated heterocycles. The summed E-state index contributed by atoms with van der Waals surface area (Å²) < 4.78 is 0. The Hall–Kier alpha value is -1.26. The number of nitrogens with zero attached hydrogens (tertiary/aromatic N) is 2. The number of hydrogen-bond acceptors (Lipinski definition) is 3. The SMILES string of the molecule is O=C(c1cc(Cl)ccc1O)N1CCN(C2CCCC2)CC1. The van der Waals surface area contributed by atoms with Gasteiger partial charge in [0.05, 0.1) is 5.56 Å². The van der Waals surface area contributed by atoms with Crippen molar-refractivity contribution >= 4 is 17.5 Å². The number of amides is 1. The highest BCUT2D eigenvalue weighted by molar-refractivity contribution is 6.31. The van der Waals surface area contributed by atoms with Gasteiger partial charge >= 0.3 is 0 Å². The fourth-order valence-electron chi connectivity index (χ4n) is 3.41. The lowest BCUT2D eigenvalue weighted by atomic mass is 10.1. The van der Waals surface area contributed by atoms with E-state index in [1.165, 1.54) is 31.7 Å². The van der Waals surface area contributed by atoms with Crippen LogP contribution in [0.2, 0.25) is 5.02 Å². The summed E-state index contributed by atoms with van der Waals surface area (Å²) in [5.41, 5.74) is 0.303. The molecule has 1 aromatic rings. The quantitative estimate of drug-likeness (QED) is 0.913. The maximum absolute atomic E-state index is 12.5. The molecule has 1 N–H and O–H groups in total. The fraction of sp³-hybridized carbons (Fsp3) is 0.562. The first-order chi connectivity index (χ1) is 10.1. The van der Waals surface area contributed by atoms with Gasteiger partial charge < -0.3 is 10.0 Å². The lowest BCUT2D eigenvalue weighted by molar-refractivity contribution is 0.0570. The molecule has 1 saturated carbocycles. The third kappa shape index (κ3) is 3.16. The van der Waals surface area contributed by atoms with Gasteiger partial charge in [-0.25, -0.2) is 0 Å². The van der Waals surface area contributed by atoms with Crippen molar-refractivity contribution < 1.29 is 9.90 Å². The number of rotatable bonds is 2. The van der Waals surface area contributed by atoms with Gasteiger partial charge in [-0.3, -0.25) is 9.69 Å². The van der Waals surface area contributed by atoms with Gasteiger partial charge in [-0.15, -0.1) is 0 Å². The molecule has 1 aliphatic carbocycles. The Labute approximate surface area is 130 Å². The molecule has 114 valence electrons. The Kier molecular flexibility index (Phi) is 4.36. The molecule has 1 heterocycles. The van der Waals surface area contributed by atoms with Crippen molar-refractivity contribution in [2.24, 2.45) is 0 Å². The van der Waals surface area contributed by atoms with Gasteiger partial charge in [-0.1, -0.05) is 24.4 Å². The van der Waals surface area contributed by atoms with E-state index in [9.17, 15) is 9.90 Å². The molecule has 4 nitrogen and oxygen atoms in total. The van der Waals surface area contributed by atoms with Crippen LogP contribution in [0.5, 0.6) is 5.75 Å². The Morgan fingerprint density at radius 1 is 1.14 bits per heavy atom. The van der Waals surface area contributed by atoms with Gasteiger partial charge in [0.25, 0.3) is 5.91 Å². The van der Waals surface area contributed by atoms with Gasteiger partial charge in [-0.2, -0.15) is 0 Å². The van der Waals surface area contributed by atoms with Crippen LogP contribution in [-0.2, 0) is 0 Å². The molecule has 0 bridgehead atoms. The van der Waals surface area contributed by atoms with E-state index in [1.807, 2.05) is 4.90 Å². The van der Waals surface area contributed by atoms with Gasteiger partial charge in [0.15, 0.2) is 0 Å². The number of hydrogen-bond donors (Lipinski definition) is 1. The molecule has 5 heteroatoms. The highest BCUT2D eigenvalue weighted by Crippen LogP contribution is 2.26. The molecular weight excluding hydrogens is 288 g/mol. The molecule has 2 fully saturated rings. The predicted molar refractivity (Wildman–Crippen MR) is 82.8 cm³/mol. The average molecular weight is 309 g/mol. The standard InChI is InChI=1S/C16H21ClN2O2/c17-12-5-6-15(20)14(11-12)16(21)19-9-7-18(8-10-19)13-3-1-2-4-13/h5-6,11,13,20H,1-4,7-10H2. The lowest BCUT2D eigenvalue weighted by Crippen LogP contribution is -2.51. The highest BCUT2D eigenvalue weighted by atomic mass is 35.5. The molecule has 0 spiro atoms. The van der Waals surface area contributed by atoms with Crippen LogP contribution in [0.1, 0.15) is 36.0 Å². The maximum atomic E-state index is 12.5. The van der Waals surface area contributed by atoms with E-state index in [0.29, 0.717) is 16.6 Å². The molecule has 3 rings (SSSR count). The largest absolute Gasteiger partial charge is 0.507 e. The zero-order valence-corrected chi connectivity index (χ0v) is 12.9. The van der Waals surface area contributed by atoms with E-state index in [4.69, 9.17) is 11.6 Å². The van der Waals surface area contributed by atoms with Crippen LogP contribution in [0.4, 0.5) is 0 Å². The molecular formula is C16H21ClN2O2. The van der Waals surface area contributed by atoms with Crippen LogP contribution in [0.3, 0.4) is 0 Å². The van der Waals surface area contributed by atoms with Crippen LogP contribution >= 0.6 is 11.6 Å². The second kappa shape index (κ2) is 6.24. The predicted octanol–water partition coefficient (Wildman–Crippen LogP) is 2.75. The summed E-state index contributed by atoms with van der Waals surface area (Å²) in [6.07, 6.45) is 5.26. The minimum Gasteiger partial charge on any atom is -0.507 e. The Morgan fingerprint density at radius 2 is 1.81 bits per heavy atom. The Morgan fingerprint density at radius 3 is 2.48 bits per heavy atom. The van der Waals surface area contributed by atoms with Crippen molar-refractivity contribution in [2.45, 2.75) is 31.7 Å². The number of phenols is 1. The molecule has 1 amide bonds. The summed E-state index contributed by atoms with van der Waals surface area (Å²) in [7, 11) is 0. The zero-order chi connectivity index (χ0) is 14.8. The lowest BCUT2D eigenvalue weighted by Gasteiger charge is -2.38. The monoisotopic (exact) mass is 308 g/mol. The van der Waals surface area contributed by atoms with E-state index in [2.05, 4.69) is 4.90 Å². The fourth-order valence-corrected chi connectivity index (χ4v) is 3.58. The van der Waals surface area contributed by atoms with Crippen molar-refractivity contribution in [3.8, 4) is 5.75 Å². The van der Waals surface area contributed by atoms with E-state index in [0.717, 1.165) is 26.2 Å². The molecule has 21 heavy (non-hydrogen) atoms. The molecule has 0 unspecified atom stereocenters. The first kappa shape index (κ1) is 14.7. The van der Waals surface area contributed by atoms with E-state index >= 15 is 0 Å². The number of aromatic hydroxyl groups is 1. The van der Waals surface area contributed by atoms with Crippen LogP contribution in [0, 0.1) is 0 Å². The van der Waals surface area contributed by atoms with Gasteiger partial charge in [0.1, 0.15) is 5.75 Å². The summed E-state index contributed by atoms with van der Waals surface area (Å²) >= 11 is 5.92. The molecule has 2 aliphatic rings. The van der Waals surface area contributed by atoms with Crippen molar-refractivity contribution in [3.63, 3.8) is 0 Å². The molecule has 1 aromatic carbocycles. The normalized spacial score (nSPS) is 20.9. The smallest absolute Gasteiger partial charge is 0.257 e. The van der Waals surface area contributed by atoms with E-state index < -0.39 is 0 Å². The average Bonchev–Trinajstić information content (AvgIpc) is 3.03. The second-order valence-electron chi connectivity index (χ2n) is 5.93. The Balaban J connectivity index is 1.63. The first-order valence-electron chi connectivity index (χ1n) is 7.67. The van der Waals surface area contributed by atoms with Crippen LogP contribution < -0.4 is 0 Å². The van der Waals surface area contributed by atoms with Crippen molar-refractivity contribution in [3.05, 3.63) is 28.8 Å². The van der Waals surface area contributed by atoms with E-state index in [1.54, 1.807) is 12.1 Å². The summed E-state index contributed by atoms with van der Waals surface area (Å²) in [5.74, 6) is -0.122. The number of piperazine rings is 1. The summed E-state index contributed by atoms with van der Waals surface area (Å²) in [6, 6.07) is 5.32. The number of phenolic OH excluding ortho intramolecular Hbond substituents is 1. The minimum absolute atomic E-state index is 0.00243. The van der Waals surface area contributed by atoms with Gasteiger partial charge in [0, 0.05) is 37.2 Å². The summed E-state index contributed by atoms with van der Waals surface area (Å²) in [5, 5.41) is 10.3. The van der Waals surface area contributed by atoms with Gasteiger partial charge in [-0.05, 0) is 31.0 Å². The first-order valence-corrected chi connectivity index (χ1v) is 8.05. The van der Waals surface area contributed by atoms with Crippen molar-refractivity contribution in [1.82, 2.24) is 9.80 Å². The second-order valence-corrected chi connectivity index (χ2v) is 6.36. The van der Waals surface area contributed by atoms with Crippen molar-refractivity contribution in [1.29, 1.82) is 0 Å². The summed E-state index contributed by atoms with van der Waals surface area (Å²) in [6.45, 7) is 3.30. The van der Waals surface area contributed by atoms with Gasteiger partial charge in [0.2, 0.25) is 0 Å². The Bertz CT molecular complexity index is 521. The molecule has 0 atom stereocenters. The third-order valence-corrected chi connectivity index (χ3v) is 4.87. The van der Waals surface area contributed by atoms with Crippen LogP contribution in [0.25, 0.3) is 0 Å². The zero-order valence-electron chi connectivity index (χ0n) is 12.1. The number of carbonyl (C=O) groups is 1. The number of halogens is 1. The molecule has 0 radical (unpaired) electrons. The van der Waals surface area contributed by atoms with Crippen LogP contribution in [0.15, 0.2) is 18.2 Å². The molecule has 0 aromatic heterocycles. The minimum atomic E-state index is -0.124. The topological polar surface area (TPSA) is 43.8 Å². The number of carbonyl (C=O) groups excluding carboxylic acids is 1. The van der Waals surface area contributed by atoms with Crippen molar-refractivity contribution in [2.75, 3.05) is 26.2 Å². The van der Waals surface area contributed by atoms with E-state index in [-0.39, 0.29) is 11.7 Å². The number of benzene rings is 1. The summed E-state index contributed by atoms with van der Waals surface area (Å²) in [4.78, 5) is 16.8. The van der Waals surface area contributed by atoms with Crippen LogP contribution in [-0.4, -0.2) is 53.0 Å². The highest BCUT2D eigenvalue weighted by Gasteiger charge is 2.28. The molecule has 1 aliphatic heterocycles. The third-order valence-electron chi connectivity index (χ3n) is 4.63.